The molecular formula is C16H25N3O. The molecule has 1 aliphatic heterocycles. The highest BCUT2D eigenvalue weighted by molar-refractivity contribution is 5.92. The summed E-state index contributed by atoms with van der Waals surface area (Å²) in [5.41, 5.74) is 2.16. The predicted molar refractivity (Wildman–Crippen MR) is 82.9 cm³/mol. The van der Waals surface area contributed by atoms with Crippen LogP contribution in [0.4, 0.5) is 5.69 Å². The number of piperazine rings is 1. The van der Waals surface area contributed by atoms with Crippen LogP contribution in [0.5, 0.6) is 0 Å². The van der Waals surface area contributed by atoms with Crippen molar-refractivity contribution in [1.82, 2.24) is 10.2 Å². The normalized spacial score (nSPS) is 23.6. The number of anilines is 1. The molecule has 0 aliphatic carbocycles. The molecule has 0 saturated carbocycles. The Hall–Kier alpha value is -1.39. The van der Waals surface area contributed by atoms with Gasteiger partial charge in [0.05, 0.1) is 6.54 Å². The number of carbonyl (C=O) groups is 1. The highest BCUT2D eigenvalue weighted by atomic mass is 16.2. The Morgan fingerprint density at radius 1 is 1.25 bits per heavy atom. The highest BCUT2D eigenvalue weighted by Gasteiger charge is 2.22. The molecular weight excluding hydrogens is 250 g/mol. The lowest BCUT2D eigenvalue weighted by Crippen LogP contribution is -2.55. The van der Waals surface area contributed by atoms with Crippen molar-refractivity contribution >= 4 is 11.6 Å². The van der Waals surface area contributed by atoms with Gasteiger partial charge in [-0.1, -0.05) is 19.1 Å². The van der Waals surface area contributed by atoms with E-state index in [0.29, 0.717) is 18.6 Å². The zero-order chi connectivity index (χ0) is 14.5. The molecule has 0 aromatic heterocycles. The highest BCUT2D eigenvalue weighted by Crippen LogP contribution is 2.10. The van der Waals surface area contributed by atoms with Gasteiger partial charge in [-0.2, -0.15) is 0 Å². The van der Waals surface area contributed by atoms with E-state index in [1.165, 1.54) is 5.56 Å². The molecule has 1 aliphatic rings. The molecule has 20 heavy (non-hydrogen) atoms. The Morgan fingerprint density at radius 2 is 1.85 bits per heavy atom. The van der Waals surface area contributed by atoms with Gasteiger partial charge in [-0.3, -0.25) is 9.69 Å². The maximum absolute atomic E-state index is 12.1. The Kier molecular flexibility index (Phi) is 5.15. The molecule has 0 bridgehead atoms. The van der Waals surface area contributed by atoms with Crippen LogP contribution in [0.15, 0.2) is 24.3 Å². The van der Waals surface area contributed by atoms with Crippen molar-refractivity contribution in [3.8, 4) is 0 Å². The van der Waals surface area contributed by atoms with Crippen LogP contribution in [0.25, 0.3) is 0 Å². The van der Waals surface area contributed by atoms with Crippen molar-refractivity contribution in [2.24, 2.45) is 0 Å². The summed E-state index contributed by atoms with van der Waals surface area (Å²) >= 11 is 0. The van der Waals surface area contributed by atoms with Gasteiger partial charge in [-0.25, -0.2) is 0 Å². The first-order valence-corrected chi connectivity index (χ1v) is 7.44. The van der Waals surface area contributed by atoms with E-state index in [-0.39, 0.29) is 5.91 Å². The zero-order valence-electron chi connectivity index (χ0n) is 12.6. The SMILES string of the molecule is CCc1ccc(NC(=O)CN2CC(C)NC(C)C2)cc1. The number of amides is 1. The van der Waals surface area contributed by atoms with E-state index in [9.17, 15) is 4.79 Å². The topological polar surface area (TPSA) is 44.4 Å². The van der Waals surface area contributed by atoms with E-state index in [1.54, 1.807) is 0 Å². The van der Waals surface area contributed by atoms with Crippen LogP contribution in [0.2, 0.25) is 0 Å². The first-order chi connectivity index (χ1) is 9.56. The number of rotatable bonds is 4. The molecule has 2 N–H and O–H groups in total. The lowest BCUT2D eigenvalue weighted by atomic mass is 10.1. The number of aryl methyl sites for hydroxylation is 1. The smallest absolute Gasteiger partial charge is 0.238 e. The second-order valence-corrected chi connectivity index (χ2v) is 5.76. The van der Waals surface area contributed by atoms with Gasteiger partial charge < -0.3 is 10.6 Å². The van der Waals surface area contributed by atoms with E-state index >= 15 is 0 Å². The molecule has 4 heteroatoms. The second kappa shape index (κ2) is 6.86. The predicted octanol–water partition coefficient (Wildman–Crippen LogP) is 1.87. The van der Waals surface area contributed by atoms with Crippen molar-refractivity contribution in [2.75, 3.05) is 25.0 Å². The lowest BCUT2D eigenvalue weighted by molar-refractivity contribution is -0.117. The van der Waals surface area contributed by atoms with Crippen LogP contribution >= 0.6 is 0 Å². The van der Waals surface area contributed by atoms with Gasteiger partial charge in [0.2, 0.25) is 5.91 Å². The maximum atomic E-state index is 12.1. The second-order valence-electron chi connectivity index (χ2n) is 5.76. The quantitative estimate of drug-likeness (QED) is 0.881. The van der Waals surface area contributed by atoms with Crippen LogP contribution < -0.4 is 10.6 Å². The fraction of sp³-hybridized carbons (Fsp3) is 0.562. The first-order valence-electron chi connectivity index (χ1n) is 7.44. The number of hydrogen-bond donors (Lipinski definition) is 2. The Balaban J connectivity index is 1.85. The molecule has 4 nitrogen and oxygen atoms in total. The monoisotopic (exact) mass is 275 g/mol. The number of hydrogen-bond acceptors (Lipinski definition) is 3. The standard InChI is InChI=1S/C16H25N3O/c1-4-14-5-7-15(8-6-14)18-16(20)11-19-9-12(2)17-13(3)10-19/h5-8,12-13,17H,4,9-11H2,1-3H3,(H,18,20). The third-order valence-corrected chi connectivity index (χ3v) is 3.65. The number of benzene rings is 1. The molecule has 1 fully saturated rings. The molecule has 1 aromatic carbocycles. The zero-order valence-corrected chi connectivity index (χ0v) is 12.6. The Morgan fingerprint density at radius 3 is 2.40 bits per heavy atom. The minimum absolute atomic E-state index is 0.0653. The van der Waals surface area contributed by atoms with Crippen LogP contribution in [0.3, 0.4) is 0 Å². The van der Waals surface area contributed by atoms with Crippen LogP contribution in [0.1, 0.15) is 26.3 Å². The number of carbonyl (C=O) groups excluding carboxylic acids is 1. The van der Waals surface area contributed by atoms with Gasteiger partial charge in [-0.05, 0) is 38.0 Å². The lowest BCUT2D eigenvalue weighted by Gasteiger charge is -2.35. The average molecular weight is 275 g/mol. The summed E-state index contributed by atoms with van der Waals surface area (Å²) in [4.78, 5) is 14.3. The number of nitrogens with one attached hydrogen (secondary N) is 2. The van der Waals surface area contributed by atoms with Crippen molar-refractivity contribution in [3.63, 3.8) is 0 Å². The van der Waals surface area contributed by atoms with E-state index in [2.05, 4.69) is 48.4 Å². The van der Waals surface area contributed by atoms with E-state index in [0.717, 1.165) is 25.2 Å². The summed E-state index contributed by atoms with van der Waals surface area (Å²) in [6.45, 7) is 8.75. The van der Waals surface area contributed by atoms with Crippen LogP contribution in [-0.4, -0.2) is 42.5 Å². The van der Waals surface area contributed by atoms with Gasteiger partial charge >= 0.3 is 0 Å². The molecule has 2 unspecified atom stereocenters. The van der Waals surface area contributed by atoms with Crippen LogP contribution in [-0.2, 0) is 11.2 Å². The fourth-order valence-electron chi connectivity index (χ4n) is 2.80. The maximum Gasteiger partial charge on any atom is 0.238 e. The minimum Gasteiger partial charge on any atom is -0.325 e. The van der Waals surface area contributed by atoms with Crippen molar-refractivity contribution < 1.29 is 4.79 Å². The van der Waals surface area contributed by atoms with Crippen molar-refractivity contribution in [1.29, 1.82) is 0 Å². The summed E-state index contributed by atoms with van der Waals surface area (Å²) < 4.78 is 0. The van der Waals surface area contributed by atoms with Crippen LogP contribution in [0, 0.1) is 0 Å². The Bertz CT molecular complexity index is 434. The summed E-state index contributed by atoms with van der Waals surface area (Å²) in [7, 11) is 0. The van der Waals surface area contributed by atoms with Crippen molar-refractivity contribution in [3.05, 3.63) is 29.8 Å². The summed E-state index contributed by atoms with van der Waals surface area (Å²) in [5.74, 6) is 0.0653. The van der Waals surface area contributed by atoms with E-state index in [4.69, 9.17) is 0 Å². The minimum atomic E-state index is 0.0653. The summed E-state index contributed by atoms with van der Waals surface area (Å²) in [5, 5.41) is 6.44. The number of nitrogens with zero attached hydrogens (tertiary/aromatic N) is 1. The molecule has 2 rings (SSSR count). The Labute approximate surface area is 121 Å². The third-order valence-electron chi connectivity index (χ3n) is 3.65. The van der Waals surface area contributed by atoms with E-state index < -0.39 is 0 Å². The van der Waals surface area contributed by atoms with Crippen molar-refractivity contribution in [2.45, 2.75) is 39.3 Å². The molecule has 1 heterocycles. The largest absolute Gasteiger partial charge is 0.325 e. The van der Waals surface area contributed by atoms with Gasteiger partial charge in [0.25, 0.3) is 0 Å². The summed E-state index contributed by atoms with van der Waals surface area (Å²) in [6, 6.07) is 8.94. The molecule has 1 amide bonds. The van der Waals surface area contributed by atoms with Gasteiger partial charge in [0.1, 0.15) is 0 Å². The molecule has 110 valence electrons. The molecule has 2 atom stereocenters. The average Bonchev–Trinajstić information content (AvgIpc) is 2.38. The summed E-state index contributed by atoms with van der Waals surface area (Å²) in [6.07, 6.45) is 1.02. The molecule has 0 radical (unpaired) electrons. The van der Waals surface area contributed by atoms with Gasteiger partial charge in [-0.15, -0.1) is 0 Å². The van der Waals surface area contributed by atoms with Gasteiger partial charge in [0.15, 0.2) is 0 Å². The molecule has 1 saturated heterocycles. The first kappa shape index (κ1) is 15.0. The van der Waals surface area contributed by atoms with E-state index in [1.807, 2.05) is 12.1 Å². The molecule has 0 spiro atoms. The molecule has 1 aromatic rings. The fourth-order valence-corrected chi connectivity index (χ4v) is 2.80. The third kappa shape index (κ3) is 4.32. The van der Waals surface area contributed by atoms with Gasteiger partial charge in [0, 0.05) is 30.9 Å².